The smallest absolute Gasteiger partial charge is 0.103 e. The molecule has 0 aliphatic heterocycles. The van der Waals surface area contributed by atoms with E-state index in [1.54, 1.807) is 25.1 Å². The van der Waals surface area contributed by atoms with Gasteiger partial charge in [0.1, 0.15) is 24.3 Å². The van der Waals surface area contributed by atoms with E-state index in [0.717, 1.165) is 27.4 Å². The molecule has 4 aromatic carbocycles. The average molecular weight is 433 g/mol. The molecule has 0 fully saturated rings. The molecule has 0 spiro atoms. The molecule has 0 atom stereocenters. The summed E-state index contributed by atoms with van der Waals surface area (Å²) < 4.78 is 2.02. The van der Waals surface area contributed by atoms with Crippen LogP contribution in [0.25, 0.3) is 38.6 Å². The van der Waals surface area contributed by atoms with Gasteiger partial charge in [0.2, 0.25) is 0 Å². The molecule has 0 saturated heterocycles. The molecule has 0 bridgehead atoms. The van der Waals surface area contributed by atoms with Crippen molar-refractivity contribution in [3.8, 4) is 41.1 Å². The predicted octanol–water partition coefficient (Wildman–Crippen LogP) is 6.25. The molecule has 156 valence electrons. The van der Waals surface area contributed by atoms with Gasteiger partial charge in [0.05, 0.1) is 39.0 Å². The summed E-state index contributed by atoms with van der Waals surface area (Å²) in [5.74, 6) is 0. The lowest BCUT2D eigenvalue weighted by molar-refractivity contribution is 1.16. The van der Waals surface area contributed by atoms with Crippen molar-refractivity contribution >= 4 is 21.8 Å². The molecule has 5 heteroatoms. The van der Waals surface area contributed by atoms with Crippen molar-refractivity contribution in [2.45, 2.75) is 6.92 Å². The van der Waals surface area contributed by atoms with Gasteiger partial charge in [-0.3, -0.25) is 0 Å². The molecule has 1 aromatic heterocycles. The van der Waals surface area contributed by atoms with E-state index in [4.69, 9.17) is 0 Å². The van der Waals surface area contributed by atoms with Crippen LogP contribution in [0.3, 0.4) is 0 Å². The van der Waals surface area contributed by atoms with Crippen molar-refractivity contribution in [2.75, 3.05) is 0 Å². The molecule has 0 aliphatic carbocycles. The van der Waals surface area contributed by atoms with E-state index in [2.05, 4.69) is 24.3 Å². The highest BCUT2D eigenvalue weighted by Gasteiger charge is 2.23. The van der Waals surface area contributed by atoms with E-state index < -0.39 is 0 Å². The van der Waals surface area contributed by atoms with Crippen LogP contribution in [0.5, 0.6) is 0 Å². The van der Waals surface area contributed by atoms with Crippen LogP contribution < -0.4 is 0 Å². The lowest BCUT2D eigenvalue weighted by atomic mass is 9.90. The largest absolute Gasteiger partial charge is 0.307 e. The van der Waals surface area contributed by atoms with Gasteiger partial charge in [-0.25, -0.2) is 0 Å². The molecule has 0 amide bonds. The molecule has 0 unspecified atom stereocenters. The van der Waals surface area contributed by atoms with Crippen molar-refractivity contribution in [1.82, 2.24) is 4.57 Å². The van der Waals surface area contributed by atoms with E-state index >= 15 is 0 Å². The first-order chi connectivity index (χ1) is 16.6. The number of benzene rings is 4. The third kappa shape index (κ3) is 2.83. The number of aromatic nitrogens is 1. The van der Waals surface area contributed by atoms with E-state index in [9.17, 15) is 21.0 Å². The Morgan fingerprint density at radius 1 is 0.559 bits per heavy atom. The van der Waals surface area contributed by atoms with Gasteiger partial charge < -0.3 is 4.57 Å². The highest BCUT2D eigenvalue weighted by Crippen LogP contribution is 2.40. The normalized spacial score (nSPS) is 10.4. The van der Waals surface area contributed by atoms with E-state index in [1.807, 2.05) is 59.2 Å². The van der Waals surface area contributed by atoms with Crippen molar-refractivity contribution in [3.63, 3.8) is 0 Å². The third-order valence-corrected chi connectivity index (χ3v) is 6.20. The highest BCUT2D eigenvalue weighted by atomic mass is 15.0. The van der Waals surface area contributed by atoms with Gasteiger partial charge >= 0.3 is 0 Å². The zero-order valence-corrected chi connectivity index (χ0v) is 18.2. The van der Waals surface area contributed by atoms with Crippen molar-refractivity contribution in [2.24, 2.45) is 0 Å². The molecule has 0 N–H and O–H groups in total. The molecule has 0 saturated carbocycles. The summed E-state index contributed by atoms with van der Waals surface area (Å²) in [6.07, 6.45) is 0. The number of fused-ring (bicyclic) bond motifs is 3. The fourth-order valence-corrected chi connectivity index (χ4v) is 4.65. The number of hydrogen-bond acceptors (Lipinski definition) is 4. The lowest BCUT2D eigenvalue weighted by Gasteiger charge is -2.18. The Labute approximate surface area is 196 Å². The third-order valence-electron chi connectivity index (χ3n) is 6.20. The van der Waals surface area contributed by atoms with Gasteiger partial charge in [-0.05, 0) is 42.3 Å². The fraction of sp³-hybridized carbons (Fsp3) is 0.0345. The topological polar surface area (TPSA) is 100 Å². The van der Waals surface area contributed by atoms with Crippen molar-refractivity contribution < 1.29 is 0 Å². The first-order valence-electron chi connectivity index (χ1n) is 10.5. The second-order valence-electron chi connectivity index (χ2n) is 7.86. The molecule has 1 heterocycles. The number of nitriles is 4. The van der Waals surface area contributed by atoms with Gasteiger partial charge in [-0.1, -0.05) is 48.5 Å². The summed E-state index contributed by atoms with van der Waals surface area (Å²) in [5.41, 5.74) is 5.62. The highest BCUT2D eigenvalue weighted by molar-refractivity contribution is 6.10. The van der Waals surface area contributed by atoms with Crippen LogP contribution in [0.15, 0.2) is 72.8 Å². The Bertz CT molecular complexity index is 1760. The van der Waals surface area contributed by atoms with E-state index in [-0.39, 0.29) is 11.1 Å². The Kier molecular flexibility index (Phi) is 4.81. The zero-order valence-electron chi connectivity index (χ0n) is 18.2. The number of hydrogen-bond donors (Lipinski definition) is 0. The van der Waals surface area contributed by atoms with Crippen LogP contribution >= 0.6 is 0 Å². The Balaban J connectivity index is 2.01. The maximum Gasteiger partial charge on any atom is 0.103 e. The maximum absolute atomic E-state index is 10.2. The van der Waals surface area contributed by atoms with Gasteiger partial charge in [0.25, 0.3) is 0 Å². The molecular formula is C29H15N5. The van der Waals surface area contributed by atoms with Crippen LogP contribution in [0.1, 0.15) is 27.8 Å². The summed E-state index contributed by atoms with van der Waals surface area (Å²) >= 11 is 0. The first kappa shape index (κ1) is 20.5. The van der Waals surface area contributed by atoms with Gasteiger partial charge in [-0.15, -0.1) is 0 Å². The standard InChI is InChI=1S/C29H15N5/c1-18-21(12-10-19(14-30)25(18)16-32)24-13-11-20(15-31)26(17-33)29(24)34-27-8-4-2-6-22(27)23-7-3-5-9-28(23)34/h2-13H,1H3. The maximum atomic E-state index is 10.2. The van der Waals surface area contributed by atoms with Gasteiger partial charge in [0.15, 0.2) is 0 Å². The fourth-order valence-electron chi connectivity index (χ4n) is 4.65. The SMILES string of the molecule is Cc1c(-c2ccc(C#N)c(C#N)c2-n2c3ccccc3c3ccccc32)ccc(C#N)c1C#N. The molecule has 34 heavy (non-hydrogen) atoms. The minimum absolute atomic E-state index is 0.258. The van der Waals surface area contributed by atoms with Crippen molar-refractivity contribution in [1.29, 1.82) is 21.0 Å². The minimum atomic E-state index is 0.258. The van der Waals surface area contributed by atoms with Gasteiger partial charge in [-0.2, -0.15) is 21.0 Å². The summed E-state index contributed by atoms with van der Waals surface area (Å²) in [6, 6.07) is 31.4. The van der Waals surface area contributed by atoms with E-state index in [1.165, 1.54) is 0 Å². The quantitative estimate of drug-likeness (QED) is 0.328. The summed E-state index contributed by atoms with van der Waals surface area (Å²) in [7, 11) is 0. The second kappa shape index (κ2) is 7.96. The monoisotopic (exact) mass is 433 g/mol. The number of rotatable bonds is 2. The Hall–Kier alpha value is -5.36. The Morgan fingerprint density at radius 2 is 1.06 bits per heavy atom. The molecule has 0 aliphatic rings. The lowest BCUT2D eigenvalue weighted by Crippen LogP contribution is -2.04. The van der Waals surface area contributed by atoms with Crippen LogP contribution in [0.2, 0.25) is 0 Å². The predicted molar refractivity (Wildman–Crippen MR) is 130 cm³/mol. The zero-order chi connectivity index (χ0) is 23.8. The summed E-state index contributed by atoms with van der Waals surface area (Å²) in [5, 5.41) is 41.2. The number of para-hydroxylation sites is 2. The van der Waals surface area contributed by atoms with Crippen LogP contribution in [-0.4, -0.2) is 4.57 Å². The van der Waals surface area contributed by atoms with Crippen LogP contribution in [0.4, 0.5) is 0 Å². The number of nitrogens with zero attached hydrogens (tertiary/aromatic N) is 5. The second-order valence-corrected chi connectivity index (χ2v) is 7.86. The van der Waals surface area contributed by atoms with Crippen LogP contribution in [-0.2, 0) is 0 Å². The Morgan fingerprint density at radius 3 is 1.59 bits per heavy atom. The average Bonchev–Trinajstić information content (AvgIpc) is 3.21. The molecule has 5 nitrogen and oxygen atoms in total. The van der Waals surface area contributed by atoms with Gasteiger partial charge in [0, 0.05) is 16.3 Å². The van der Waals surface area contributed by atoms with Crippen molar-refractivity contribution in [3.05, 3.63) is 101 Å². The van der Waals surface area contributed by atoms with E-state index in [0.29, 0.717) is 27.9 Å². The molecular weight excluding hydrogens is 418 g/mol. The summed E-state index contributed by atoms with van der Waals surface area (Å²) in [4.78, 5) is 0. The molecule has 5 aromatic rings. The summed E-state index contributed by atoms with van der Waals surface area (Å²) in [6.45, 7) is 1.80. The molecule has 5 rings (SSSR count). The molecule has 0 radical (unpaired) electrons. The minimum Gasteiger partial charge on any atom is -0.307 e. The van der Waals surface area contributed by atoms with Crippen LogP contribution in [0, 0.1) is 52.2 Å². The first-order valence-corrected chi connectivity index (χ1v) is 10.5.